The maximum atomic E-state index is 14.0. The van der Waals surface area contributed by atoms with Crippen LogP contribution in [0.2, 0.25) is 0 Å². The van der Waals surface area contributed by atoms with E-state index in [1.165, 1.54) is 82.9 Å². The van der Waals surface area contributed by atoms with Crippen molar-refractivity contribution in [1.82, 2.24) is 19.7 Å². The molecule has 0 fully saturated rings. The second-order valence-corrected chi connectivity index (χ2v) is 12.5. The highest BCUT2D eigenvalue weighted by Gasteiger charge is 2.23. The highest BCUT2D eigenvalue weighted by atomic mass is 19.1. The van der Waals surface area contributed by atoms with Gasteiger partial charge in [0.25, 0.3) is 0 Å². The minimum absolute atomic E-state index is 0.342. The number of hydrogen-bond donors (Lipinski definition) is 4. The van der Waals surface area contributed by atoms with Gasteiger partial charge < -0.3 is 20.2 Å². The summed E-state index contributed by atoms with van der Waals surface area (Å²) in [6.07, 6.45) is 21.5. The van der Waals surface area contributed by atoms with E-state index in [4.69, 9.17) is 10.2 Å². The van der Waals surface area contributed by atoms with Crippen molar-refractivity contribution < 1.29 is 28.6 Å². The van der Waals surface area contributed by atoms with Gasteiger partial charge in [0.2, 0.25) is 0 Å². The third kappa shape index (κ3) is 10.2. The fourth-order valence-electron chi connectivity index (χ4n) is 6.29. The average Bonchev–Trinajstić information content (AvgIpc) is 3.69. The third-order valence-corrected chi connectivity index (χ3v) is 8.97. The fraction of sp³-hybridized carbons (Fsp3) is 0.583. The summed E-state index contributed by atoms with van der Waals surface area (Å²) in [5, 5.41) is 22.4. The molecule has 0 saturated carbocycles. The molecule has 0 radical (unpaired) electrons. The largest absolute Gasteiger partial charge is 0.476 e. The number of carboxylic acids is 2. The number of unbranched alkanes of at least 4 members (excludes halogenated alkanes) is 9. The van der Waals surface area contributed by atoms with Crippen LogP contribution in [0.3, 0.4) is 0 Å². The van der Waals surface area contributed by atoms with Crippen molar-refractivity contribution in [2.24, 2.45) is 5.92 Å². The first kappa shape index (κ1) is 36.8. The van der Waals surface area contributed by atoms with E-state index in [9.17, 15) is 18.4 Å². The second-order valence-electron chi connectivity index (χ2n) is 12.5. The number of aromatic amines is 2. The van der Waals surface area contributed by atoms with Crippen LogP contribution in [-0.4, -0.2) is 41.9 Å². The van der Waals surface area contributed by atoms with Gasteiger partial charge in [0.05, 0.1) is 11.4 Å². The molecule has 8 nitrogen and oxygen atoms in total. The minimum atomic E-state index is -1.30. The van der Waals surface area contributed by atoms with Gasteiger partial charge in [-0.15, -0.1) is 0 Å². The molecule has 46 heavy (non-hydrogen) atoms. The van der Waals surface area contributed by atoms with Gasteiger partial charge in [-0.3, -0.25) is 4.68 Å². The zero-order valence-electron chi connectivity index (χ0n) is 28.0. The smallest absolute Gasteiger partial charge is 0.355 e. The number of carboxylic acid groups (broad SMARTS) is 2. The van der Waals surface area contributed by atoms with Gasteiger partial charge in [-0.1, -0.05) is 90.6 Å². The number of aromatic carboxylic acids is 2. The molecule has 0 spiro atoms. The molecule has 0 amide bonds. The Kier molecular flexibility index (Phi) is 14.8. The number of nitrogens with one attached hydrogen (secondary N) is 2. The quantitative estimate of drug-likeness (QED) is 0.109. The number of nitrogens with zero attached hydrogens (tertiary/aromatic N) is 2. The van der Waals surface area contributed by atoms with Gasteiger partial charge in [-0.05, 0) is 51.0 Å². The Morgan fingerprint density at radius 3 is 2.13 bits per heavy atom. The van der Waals surface area contributed by atoms with Crippen LogP contribution in [0.5, 0.6) is 0 Å². The third-order valence-electron chi connectivity index (χ3n) is 8.97. The molecule has 4 rings (SSSR count). The lowest BCUT2D eigenvalue weighted by Gasteiger charge is -2.21. The summed E-state index contributed by atoms with van der Waals surface area (Å²) in [5.41, 5.74) is 3.59. The number of H-pyrrole nitrogens is 2. The summed E-state index contributed by atoms with van der Waals surface area (Å²) in [5.74, 6) is -3.22. The fourth-order valence-corrected chi connectivity index (χ4v) is 6.29. The van der Waals surface area contributed by atoms with Crippen LogP contribution in [0.4, 0.5) is 8.78 Å². The molecule has 1 aliphatic carbocycles. The van der Waals surface area contributed by atoms with E-state index in [-0.39, 0.29) is 5.69 Å². The van der Waals surface area contributed by atoms with Crippen molar-refractivity contribution in [2.45, 2.75) is 131 Å². The lowest BCUT2D eigenvalue weighted by Crippen LogP contribution is -2.06. The SMILES string of the molecule is CCCCCC1CC=C(c2c[nH]c(C(=O)O)c2F)CC1.CCCCCCCCCCn1nc(C)c(-c2cc(F)c(C(=O)O)[nH]2)c1C. The standard InChI is InChI=1S/C20H30FN3O2.C16H22FNO2/c1-4-5-6-7-8-9-10-11-12-24-15(3)18(14(2)23-24)17-13-16(21)19(22-17)20(25)26;1-2-3-4-5-11-6-8-12(9-7-11)13-10-18-15(14(13)17)16(19)20/h13,22H,4-12H2,1-3H3,(H,25,26);8,10-11,18H,2-7,9H2,1H3,(H,19,20). The molecule has 0 aromatic carbocycles. The van der Waals surface area contributed by atoms with Crippen LogP contribution >= 0.6 is 0 Å². The first-order valence-electron chi connectivity index (χ1n) is 17.0. The summed E-state index contributed by atoms with van der Waals surface area (Å²) < 4.78 is 29.7. The van der Waals surface area contributed by atoms with Gasteiger partial charge in [-0.2, -0.15) is 5.10 Å². The molecule has 4 N–H and O–H groups in total. The Balaban J connectivity index is 0.000000259. The maximum absolute atomic E-state index is 14.0. The topological polar surface area (TPSA) is 124 Å². The van der Waals surface area contributed by atoms with Crippen LogP contribution in [0, 0.1) is 31.4 Å². The van der Waals surface area contributed by atoms with E-state index in [0.717, 1.165) is 54.8 Å². The van der Waals surface area contributed by atoms with E-state index < -0.39 is 29.3 Å². The Morgan fingerprint density at radius 1 is 0.935 bits per heavy atom. The van der Waals surface area contributed by atoms with E-state index in [0.29, 0.717) is 17.2 Å². The van der Waals surface area contributed by atoms with Gasteiger partial charge in [-0.25, -0.2) is 18.4 Å². The highest BCUT2D eigenvalue weighted by molar-refractivity contribution is 5.88. The molecule has 0 aliphatic heterocycles. The maximum Gasteiger partial charge on any atom is 0.355 e. The molecular formula is C36H52F2N4O4. The summed E-state index contributed by atoms with van der Waals surface area (Å²) in [7, 11) is 0. The van der Waals surface area contributed by atoms with Crippen molar-refractivity contribution in [3.8, 4) is 11.3 Å². The predicted molar refractivity (Wildman–Crippen MR) is 178 cm³/mol. The lowest BCUT2D eigenvalue weighted by molar-refractivity contribution is 0.0675. The van der Waals surface area contributed by atoms with Crippen LogP contribution in [0.15, 0.2) is 18.3 Å². The van der Waals surface area contributed by atoms with Gasteiger partial charge in [0, 0.05) is 35.6 Å². The van der Waals surface area contributed by atoms with E-state index in [2.05, 4.69) is 35.0 Å². The van der Waals surface area contributed by atoms with Crippen LogP contribution < -0.4 is 0 Å². The lowest BCUT2D eigenvalue weighted by atomic mass is 9.84. The number of hydrogen-bond acceptors (Lipinski definition) is 3. The van der Waals surface area contributed by atoms with Crippen LogP contribution in [0.1, 0.15) is 148 Å². The minimum Gasteiger partial charge on any atom is -0.476 e. The van der Waals surface area contributed by atoms with E-state index >= 15 is 0 Å². The van der Waals surface area contributed by atoms with Gasteiger partial charge in [0.1, 0.15) is 0 Å². The molecule has 1 atom stereocenters. The summed E-state index contributed by atoms with van der Waals surface area (Å²) in [6.45, 7) is 9.07. The molecule has 10 heteroatoms. The van der Waals surface area contributed by atoms with Crippen LogP contribution in [-0.2, 0) is 6.54 Å². The molecule has 3 heterocycles. The van der Waals surface area contributed by atoms with Crippen molar-refractivity contribution in [3.05, 3.63) is 58.3 Å². The average molecular weight is 643 g/mol. The second kappa shape index (κ2) is 18.5. The van der Waals surface area contributed by atoms with Gasteiger partial charge >= 0.3 is 11.9 Å². The predicted octanol–water partition coefficient (Wildman–Crippen LogP) is 10.1. The monoisotopic (exact) mass is 642 g/mol. The first-order valence-corrected chi connectivity index (χ1v) is 17.0. The Bertz CT molecular complexity index is 1450. The number of rotatable bonds is 17. The first-order chi connectivity index (χ1) is 22.1. The highest BCUT2D eigenvalue weighted by Crippen LogP contribution is 2.34. The Hall–Kier alpha value is -3.69. The summed E-state index contributed by atoms with van der Waals surface area (Å²) >= 11 is 0. The molecule has 1 aliphatic rings. The normalized spacial score (nSPS) is 14.6. The summed E-state index contributed by atoms with van der Waals surface area (Å²) in [6, 6.07) is 1.24. The Morgan fingerprint density at radius 2 is 1.57 bits per heavy atom. The zero-order chi connectivity index (χ0) is 33.6. The van der Waals surface area contributed by atoms with E-state index in [1.807, 2.05) is 18.5 Å². The number of halogens is 2. The van der Waals surface area contributed by atoms with Crippen molar-refractivity contribution in [2.75, 3.05) is 0 Å². The summed E-state index contributed by atoms with van der Waals surface area (Å²) in [4.78, 5) is 27.0. The van der Waals surface area contributed by atoms with E-state index in [1.54, 1.807) is 0 Å². The Labute approximate surface area is 271 Å². The van der Waals surface area contributed by atoms with Crippen molar-refractivity contribution >= 4 is 17.5 Å². The number of allylic oxidation sites excluding steroid dienone is 2. The number of carbonyl (C=O) groups is 2. The van der Waals surface area contributed by atoms with Crippen molar-refractivity contribution in [3.63, 3.8) is 0 Å². The van der Waals surface area contributed by atoms with Crippen molar-refractivity contribution in [1.29, 1.82) is 0 Å². The molecule has 3 aromatic rings. The number of aromatic nitrogens is 4. The number of aryl methyl sites for hydroxylation is 2. The molecule has 0 bridgehead atoms. The molecular weight excluding hydrogens is 590 g/mol. The molecule has 1 unspecified atom stereocenters. The van der Waals surface area contributed by atoms with Gasteiger partial charge in [0.15, 0.2) is 23.0 Å². The zero-order valence-corrected chi connectivity index (χ0v) is 28.0. The van der Waals surface area contributed by atoms with Crippen LogP contribution in [0.25, 0.3) is 16.8 Å². The molecule has 3 aromatic heterocycles. The molecule has 254 valence electrons. The molecule has 0 saturated heterocycles.